The van der Waals surface area contributed by atoms with Gasteiger partial charge in [0.1, 0.15) is 11.4 Å². The molecule has 0 aromatic carbocycles. The molecule has 0 saturated heterocycles. The lowest BCUT2D eigenvalue weighted by Crippen LogP contribution is -1.99. The predicted octanol–water partition coefficient (Wildman–Crippen LogP) is 1.67. The Bertz CT molecular complexity index is 560. The van der Waals surface area contributed by atoms with E-state index in [2.05, 4.69) is 4.98 Å². The van der Waals surface area contributed by atoms with Crippen LogP contribution in [-0.2, 0) is 11.2 Å². The first-order chi connectivity index (χ1) is 8.11. The summed E-state index contributed by atoms with van der Waals surface area (Å²) in [6.07, 6.45) is 2.42. The summed E-state index contributed by atoms with van der Waals surface area (Å²) >= 11 is 0. The highest BCUT2D eigenvalue weighted by Gasteiger charge is 2.10. The van der Waals surface area contributed by atoms with E-state index in [1.54, 1.807) is 7.11 Å². The number of rotatable bonds is 4. The van der Waals surface area contributed by atoms with Gasteiger partial charge in [0, 0.05) is 24.4 Å². The molecule has 0 aliphatic carbocycles. The predicted molar refractivity (Wildman–Crippen MR) is 62.4 cm³/mol. The van der Waals surface area contributed by atoms with Gasteiger partial charge in [-0.3, -0.25) is 4.79 Å². The van der Waals surface area contributed by atoms with E-state index in [9.17, 15) is 4.79 Å². The van der Waals surface area contributed by atoms with E-state index in [0.29, 0.717) is 6.42 Å². The maximum atomic E-state index is 10.5. The molecule has 0 fully saturated rings. The first kappa shape index (κ1) is 11.4. The summed E-state index contributed by atoms with van der Waals surface area (Å²) in [5, 5.41) is 8.67. The van der Waals surface area contributed by atoms with E-state index < -0.39 is 5.97 Å². The number of fused-ring (bicyclic) bond motifs is 1. The number of aromatic nitrogens is 2. The molecular formula is C12H14N2O3. The van der Waals surface area contributed by atoms with E-state index in [4.69, 9.17) is 9.84 Å². The number of methoxy groups -OCH3 is 1. The summed E-state index contributed by atoms with van der Waals surface area (Å²) in [6.45, 7) is 1.93. The number of hydrogen-bond donors (Lipinski definition) is 1. The third-order valence-electron chi connectivity index (χ3n) is 2.75. The fourth-order valence-corrected chi connectivity index (χ4v) is 1.79. The Hall–Kier alpha value is -2.04. The van der Waals surface area contributed by atoms with Gasteiger partial charge in [-0.2, -0.15) is 0 Å². The van der Waals surface area contributed by atoms with E-state index >= 15 is 0 Å². The van der Waals surface area contributed by atoms with Crippen molar-refractivity contribution in [1.82, 2.24) is 9.38 Å². The van der Waals surface area contributed by atoms with Crippen LogP contribution in [0.4, 0.5) is 0 Å². The Balaban J connectivity index is 2.38. The number of imidazole rings is 1. The number of aryl methyl sites for hydroxylation is 2. The van der Waals surface area contributed by atoms with Gasteiger partial charge in [-0.15, -0.1) is 0 Å². The van der Waals surface area contributed by atoms with Gasteiger partial charge in [-0.05, 0) is 13.0 Å². The molecule has 0 saturated carbocycles. The molecule has 0 bridgehead atoms. The summed E-state index contributed by atoms with van der Waals surface area (Å²) in [7, 11) is 1.60. The summed E-state index contributed by atoms with van der Waals surface area (Å²) in [6, 6.07) is 3.68. The van der Waals surface area contributed by atoms with Crippen molar-refractivity contribution in [2.45, 2.75) is 19.8 Å². The summed E-state index contributed by atoms with van der Waals surface area (Å²) in [5.74, 6) is -0.0636. The molecule has 2 rings (SSSR count). The van der Waals surface area contributed by atoms with Crippen molar-refractivity contribution >= 4 is 11.6 Å². The van der Waals surface area contributed by atoms with Crippen LogP contribution in [0.2, 0.25) is 0 Å². The van der Waals surface area contributed by atoms with Crippen molar-refractivity contribution in [3.05, 3.63) is 29.7 Å². The Labute approximate surface area is 98.7 Å². The molecule has 2 aromatic rings. The minimum absolute atomic E-state index is 0.0991. The monoisotopic (exact) mass is 234 g/mol. The molecule has 90 valence electrons. The van der Waals surface area contributed by atoms with Crippen LogP contribution in [0.3, 0.4) is 0 Å². The highest BCUT2D eigenvalue weighted by Crippen LogP contribution is 2.18. The standard InChI is InChI=1S/C12H14N2O3/c1-8-10(3-4-12(15)16)13-11-7-9(17-2)5-6-14(8)11/h5-7H,3-4H2,1-2H3,(H,15,16). The molecule has 1 N–H and O–H groups in total. The second-order valence-electron chi connectivity index (χ2n) is 3.83. The zero-order chi connectivity index (χ0) is 12.4. The van der Waals surface area contributed by atoms with Gasteiger partial charge in [0.2, 0.25) is 0 Å². The molecule has 2 heterocycles. The van der Waals surface area contributed by atoms with Gasteiger partial charge >= 0.3 is 5.97 Å². The maximum Gasteiger partial charge on any atom is 0.303 e. The van der Waals surface area contributed by atoms with E-state index in [1.165, 1.54) is 0 Å². The molecule has 5 heteroatoms. The van der Waals surface area contributed by atoms with Crippen LogP contribution in [0.5, 0.6) is 5.75 Å². The average Bonchev–Trinajstić information content (AvgIpc) is 2.63. The summed E-state index contributed by atoms with van der Waals surface area (Å²) in [4.78, 5) is 15.0. The average molecular weight is 234 g/mol. The number of nitrogens with zero attached hydrogens (tertiary/aromatic N) is 2. The number of aliphatic carboxylic acids is 1. The molecule has 2 aromatic heterocycles. The number of pyridine rings is 1. The van der Waals surface area contributed by atoms with Crippen molar-refractivity contribution in [1.29, 1.82) is 0 Å². The minimum Gasteiger partial charge on any atom is -0.497 e. The van der Waals surface area contributed by atoms with Crippen LogP contribution in [-0.4, -0.2) is 27.6 Å². The molecule has 0 amide bonds. The molecule has 0 atom stereocenters. The van der Waals surface area contributed by atoms with Crippen molar-refractivity contribution < 1.29 is 14.6 Å². The van der Waals surface area contributed by atoms with Crippen LogP contribution in [0, 0.1) is 6.92 Å². The molecular weight excluding hydrogens is 220 g/mol. The van der Waals surface area contributed by atoms with Crippen LogP contribution < -0.4 is 4.74 Å². The van der Waals surface area contributed by atoms with E-state index in [0.717, 1.165) is 22.8 Å². The minimum atomic E-state index is -0.806. The normalized spacial score (nSPS) is 10.7. The third-order valence-corrected chi connectivity index (χ3v) is 2.75. The zero-order valence-corrected chi connectivity index (χ0v) is 9.80. The largest absolute Gasteiger partial charge is 0.497 e. The number of hydrogen-bond acceptors (Lipinski definition) is 3. The van der Waals surface area contributed by atoms with Crippen LogP contribution in [0.15, 0.2) is 18.3 Å². The lowest BCUT2D eigenvalue weighted by Gasteiger charge is -2.00. The maximum absolute atomic E-state index is 10.5. The van der Waals surface area contributed by atoms with Gasteiger partial charge in [0.15, 0.2) is 0 Å². The molecule has 0 unspecified atom stereocenters. The summed E-state index contributed by atoms with van der Waals surface area (Å²) in [5.41, 5.74) is 2.58. The van der Waals surface area contributed by atoms with Gasteiger partial charge < -0.3 is 14.2 Å². The Morgan fingerprint density at radius 3 is 3.00 bits per heavy atom. The van der Waals surface area contributed by atoms with Crippen molar-refractivity contribution in [2.75, 3.05) is 7.11 Å². The first-order valence-electron chi connectivity index (χ1n) is 5.35. The smallest absolute Gasteiger partial charge is 0.303 e. The highest BCUT2D eigenvalue weighted by atomic mass is 16.5. The van der Waals surface area contributed by atoms with Gasteiger partial charge in [-0.1, -0.05) is 0 Å². The molecule has 5 nitrogen and oxygen atoms in total. The van der Waals surface area contributed by atoms with Crippen LogP contribution in [0.1, 0.15) is 17.8 Å². The number of ether oxygens (including phenoxy) is 1. The van der Waals surface area contributed by atoms with Gasteiger partial charge in [-0.25, -0.2) is 4.98 Å². The lowest BCUT2D eigenvalue weighted by atomic mass is 10.2. The quantitative estimate of drug-likeness (QED) is 0.874. The SMILES string of the molecule is COc1ccn2c(C)c(CCC(=O)O)nc2c1. The Morgan fingerprint density at radius 2 is 2.35 bits per heavy atom. The zero-order valence-electron chi connectivity index (χ0n) is 9.80. The summed E-state index contributed by atoms with van der Waals surface area (Å²) < 4.78 is 7.05. The van der Waals surface area contributed by atoms with Crippen LogP contribution >= 0.6 is 0 Å². The fraction of sp³-hybridized carbons (Fsp3) is 0.333. The molecule has 0 spiro atoms. The molecule has 0 aliphatic heterocycles. The molecule has 0 aliphatic rings. The third kappa shape index (κ3) is 2.22. The van der Waals surface area contributed by atoms with Crippen LogP contribution in [0.25, 0.3) is 5.65 Å². The molecule has 17 heavy (non-hydrogen) atoms. The number of carboxylic acids is 1. The second-order valence-corrected chi connectivity index (χ2v) is 3.83. The Kier molecular flexibility index (Phi) is 2.99. The fourth-order valence-electron chi connectivity index (χ4n) is 1.79. The van der Waals surface area contributed by atoms with Crippen molar-refractivity contribution in [2.24, 2.45) is 0 Å². The topological polar surface area (TPSA) is 63.8 Å². The van der Waals surface area contributed by atoms with Gasteiger partial charge in [0.05, 0.1) is 19.2 Å². The second kappa shape index (κ2) is 4.45. The van der Waals surface area contributed by atoms with E-state index in [-0.39, 0.29) is 6.42 Å². The Morgan fingerprint density at radius 1 is 1.59 bits per heavy atom. The molecule has 0 radical (unpaired) electrons. The number of carbonyl (C=O) groups is 1. The highest BCUT2D eigenvalue weighted by molar-refractivity contribution is 5.67. The van der Waals surface area contributed by atoms with E-state index in [1.807, 2.05) is 29.7 Å². The van der Waals surface area contributed by atoms with Gasteiger partial charge in [0.25, 0.3) is 0 Å². The van der Waals surface area contributed by atoms with Crippen molar-refractivity contribution in [3.8, 4) is 5.75 Å². The number of carboxylic acid groups (broad SMARTS) is 1. The van der Waals surface area contributed by atoms with Crippen molar-refractivity contribution in [3.63, 3.8) is 0 Å². The lowest BCUT2D eigenvalue weighted by molar-refractivity contribution is -0.136. The first-order valence-corrected chi connectivity index (χ1v) is 5.35.